The minimum Gasteiger partial charge on any atom is -0.340 e. The van der Waals surface area contributed by atoms with Crippen LogP contribution in [0.4, 0.5) is 17.6 Å². The predicted octanol–water partition coefficient (Wildman–Crippen LogP) is 3.44. The van der Waals surface area contributed by atoms with Gasteiger partial charge in [0.1, 0.15) is 5.82 Å². The smallest absolute Gasteiger partial charge is 0.340 e. The first-order valence-electron chi connectivity index (χ1n) is 7.34. The Morgan fingerprint density at radius 1 is 1.30 bits per heavy atom. The van der Waals surface area contributed by atoms with Gasteiger partial charge in [-0.15, -0.1) is 0 Å². The molecule has 1 aromatic carbocycles. The number of carbonyl (C=O) groups excluding carboxylic acids is 1. The molecule has 1 atom stereocenters. The zero-order chi connectivity index (χ0) is 17.8. The van der Waals surface area contributed by atoms with E-state index < -0.39 is 23.6 Å². The Labute approximate surface area is 133 Å². The fourth-order valence-electron chi connectivity index (χ4n) is 2.32. The summed E-state index contributed by atoms with van der Waals surface area (Å²) < 4.78 is 51.4. The molecule has 0 saturated carbocycles. The van der Waals surface area contributed by atoms with Gasteiger partial charge in [0.15, 0.2) is 0 Å². The second-order valence-corrected chi connectivity index (χ2v) is 5.98. The molecule has 3 nitrogen and oxygen atoms in total. The van der Waals surface area contributed by atoms with Crippen LogP contribution in [0.2, 0.25) is 0 Å². The van der Waals surface area contributed by atoms with E-state index in [1.54, 1.807) is 7.05 Å². The lowest BCUT2D eigenvalue weighted by Gasteiger charge is -2.25. The van der Waals surface area contributed by atoms with Gasteiger partial charge in [0.2, 0.25) is 5.91 Å². The van der Waals surface area contributed by atoms with Crippen molar-refractivity contribution in [2.45, 2.75) is 39.0 Å². The molecular formula is C16H22F4N2O. The van der Waals surface area contributed by atoms with Crippen LogP contribution in [0.5, 0.6) is 0 Å². The molecule has 0 aliphatic heterocycles. The summed E-state index contributed by atoms with van der Waals surface area (Å²) in [6.45, 7) is 3.94. The molecule has 0 saturated heterocycles. The van der Waals surface area contributed by atoms with E-state index >= 15 is 0 Å². The van der Waals surface area contributed by atoms with Crippen LogP contribution in [-0.4, -0.2) is 30.9 Å². The number of nitrogens with one attached hydrogen (secondary N) is 1. The van der Waals surface area contributed by atoms with Gasteiger partial charge in [0, 0.05) is 13.6 Å². The van der Waals surface area contributed by atoms with Crippen LogP contribution in [0.1, 0.15) is 31.4 Å². The molecule has 0 spiro atoms. The van der Waals surface area contributed by atoms with E-state index in [1.807, 2.05) is 13.8 Å². The topological polar surface area (TPSA) is 32.3 Å². The zero-order valence-corrected chi connectivity index (χ0v) is 13.7. The van der Waals surface area contributed by atoms with Gasteiger partial charge in [-0.1, -0.05) is 19.9 Å². The van der Waals surface area contributed by atoms with E-state index in [-0.39, 0.29) is 18.0 Å². The third-order valence-electron chi connectivity index (χ3n) is 3.49. The van der Waals surface area contributed by atoms with E-state index in [0.717, 1.165) is 12.1 Å². The van der Waals surface area contributed by atoms with Crippen molar-refractivity contribution in [3.63, 3.8) is 0 Å². The maximum Gasteiger partial charge on any atom is 0.419 e. The van der Waals surface area contributed by atoms with Crippen molar-refractivity contribution in [1.82, 2.24) is 10.2 Å². The normalized spacial score (nSPS) is 13.3. The number of benzene rings is 1. The number of hydrogen-bond acceptors (Lipinski definition) is 2. The highest BCUT2D eigenvalue weighted by molar-refractivity contribution is 5.81. The molecule has 1 aromatic rings. The van der Waals surface area contributed by atoms with Crippen molar-refractivity contribution in [3.05, 3.63) is 35.1 Å². The molecule has 130 valence electrons. The number of carbonyl (C=O) groups is 1. The second kappa shape index (κ2) is 7.77. The fourth-order valence-corrected chi connectivity index (χ4v) is 2.32. The lowest BCUT2D eigenvalue weighted by atomic mass is 10.0. The SMILES string of the molecule is CN[C@@H](CC(C)C)C(=O)N(C)Cc1ccc(F)c(C(F)(F)F)c1. The summed E-state index contributed by atoms with van der Waals surface area (Å²) in [5.74, 6) is -1.23. The standard InChI is InChI=1S/C16H22F4N2O/c1-10(2)7-14(21-3)15(23)22(4)9-11-5-6-13(17)12(8-11)16(18,19)20/h5-6,8,10,14,21H,7,9H2,1-4H3/t14-/m0/s1. The monoisotopic (exact) mass is 334 g/mol. The molecule has 0 bridgehead atoms. The molecular weight excluding hydrogens is 312 g/mol. The summed E-state index contributed by atoms with van der Waals surface area (Å²) in [4.78, 5) is 13.7. The maximum atomic E-state index is 13.3. The highest BCUT2D eigenvalue weighted by Crippen LogP contribution is 2.32. The minimum absolute atomic E-state index is 0.0154. The number of halogens is 4. The van der Waals surface area contributed by atoms with Crippen molar-refractivity contribution < 1.29 is 22.4 Å². The Balaban J connectivity index is 2.88. The number of alkyl halides is 3. The van der Waals surface area contributed by atoms with Crippen LogP contribution in [0.25, 0.3) is 0 Å². The molecule has 23 heavy (non-hydrogen) atoms. The van der Waals surface area contributed by atoms with Gasteiger partial charge in [-0.2, -0.15) is 13.2 Å². The molecule has 1 amide bonds. The first kappa shape index (κ1) is 19.4. The van der Waals surface area contributed by atoms with E-state index in [4.69, 9.17) is 0 Å². The average molecular weight is 334 g/mol. The summed E-state index contributed by atoms with van der Waals surface area (Å²) in [7, 11) is 3.18. The molecule has 0 aliphatic rings. The number of rotatable bonds is 6. The molecule has 0 aromatic heterocycles. The minimum atomic E-state index is -4.76. The first-order chi connectivity index (χ1) is 10.6. The van der Waals surface area contributed by atoms with Crippen LogP contribution in [0, 0.1) is 11.7 Å². The van der Waals surface area contributed by atoms with Crippen molar-refractivity contribution in [1.29, 1.82) is 0 Å². The third kappa shape index (κ3) is 5.49. The van der Waals surface area contributed by atoms with E-state index in [2.05, 4.69) is 5.32 Å². The Morgan fingerprint density at radius 2 is 1.91 bits per heavy atom. The highest BCUT2D eigenvalue weighted by atomic mass is 19.4. The predicted molar refractivity (Wildman–Crippen MR) is 80.2 cm³/mol. The van der Waals surface area contributed by atoms with Crippen LogP contribution >= 0.6 is 0 Å². The van der Waals surface area contributed by atoms with Crippen molar-refractivity contribution in [3.8, 4) is 0 Å². The summed E-state index contributed by atoms with van der Waals surface area (Å²) in [6, 6.07) is 2.38. The second-order valence-electron chi connectivity index (χ2n) is 5.98. The molecule has 0 aliphatic carbocycles. The maximum absolute atomic E-state index is 13.3. The van der Waals surface area contributed by atoms with E-state index in [0.29, 0.717) is 12.3 Å². The van der Waals surface area contributed by atoms with Crippen LogP contribution < -0.4 is 5.32 Å². The lowest BCUT2D eigenvalue weighted by molar-refractivity contribution is -0.140. The molecule has 0 unspecified atom stereocenters. The number of amides is 1. The summed E-state index contributed by atoms with van der Waals surface area (Å²) in [5, 5.41) is 2.91. The van der Waals surface area contributed by atoms with Gasteiger partial charge in [0.25, 0.3) is 0 Å². The fraction of sp³-hybridized carbons (Fsp3) is 0.562. The summed E-state index contributed by atoms with van der Waals surface area (Å²) >= 11 is 0. The van der Waals surface area contributed by atoms with E-state index in [9.17, 15) is 22.4 Å². The van der Waals surface area contributed by atoms with Crippen LogP contribution in [0.3, 0.4) is 0 Å². The largest absolute Gasteiger partial charge is 0.419 e. The van der Waals surface area contributed by atoms with Gasteiger partial charge in [-0.25, -0.2) is 4.39 Å². The van der Waals surface area contributed by atoms with Gasteiger partial charge in [-0.05, 0) is 37.1 Å². The summed E-state index contributed by atoms with van der Waals surface area (Å²) in [6.07, 6.45) is -4.13. The lowest BCUT2D eigenvalue weighted by Crippen LogP contribution is -2.44. The summed E-state index contributed by atoms with van der Waals surface area (Å²) in [5.41, 5.74) is -1.09. The molecule has 0 radical (unpaired) electrons. The molecule has 1 rings (SSSR count). The van der Waals surface area contributed by atoms with Crippen molar-refractivity contribution >= 4 is 5.91 Å². The van der Waals surface area contributed by atoms with Crippen molar-refractivity contribution in [2.24, 2.45) is 5.92 Å². The van der Waals surface area contributed by atoms with E-state index in [1.165, 1.54) is 18.0 Å². The Morgan fingerprint density at radius 3 is 2.39 bits per heavy atom. The van der Waals surface area contributed by atoms with Gasteiger partial charge in [-0.3, -0.25) is 4.79 Å². The Kier molecular flexibility index (Phi) is 6.56. The number of likely N-dealkylation sites (N-methyl/N-ethyl adjacent to an activating group) is 2. The average Bonchev–Trinajstić information content (AvgIpc) is 2.44. The van der Waals surface area contributed by atoms with Gasteiger partial charge < -0.3 is 10.2 Å². The van der Waals surface area contributed by atoms with Crippen molar-refractivity contribution in [2.75, 3.05) is 14.1 Å². The molecule has 0 fully saturated rings. The van der Waals surface area contributed by atoms with Crippen LogP contribution in [0.15, 0.2) is 18.2 Å². The van der Waals surface area contributed by atoms with Gasteiger partial charge >= 0.3 is 6.18 Å². The number of hydrogen-bond donors (Lipinski definition) is 1. The molecule has 0 heterocycles. The quantitative estimate of drug-likeness (QED) is 0.809. The Hall–Kier alpha value is -1.63. The van der Waals surface area contributed by atoms with Gasteiger partial charge in [0.05, 0.1) is 11.6 Å². The Bertz CT molecular complexity index is 543. The highest BCUT2D eigenvalue weighted by Gasteiger charge is 2.34. The molecule has 1 N–H and O–H groups in total. The number of nitrogens with zero attached hydrogens (tertiary/aromatic N) is 1. The van der Waals surface area contributed by atoms with Crippen LogP contribution in [-0.2, 0) is 17.5 Å². The zero-order valence-electron chi connectivity index (χ0n) is 13.7. The molecule has 7 heteroatoms. The first-order valence-corrected chi connectivity index (χ1v) is 7.34. The third-order valence-corrected chi connectivity index (χ3v) is 3.49.